The summed E-state index contributed by atoms with van der Waals surface area (Å²) in [4.78, 5) is 12.3. The molecule has 1 atom stereocenters. The first-order valence-electron chi connectivity index (χ1n) is 8.25. The normalized spacial score (nSPS) is 13.0. The Labute approximate surface area is 159 Å². The van der Waals surface area contributed by atoms with Crippen LogP contribution in [0.25, 0.3) is 0 Å². The van der Waals surface area contributed by atoms with Crippen LogP contribution in [0.2, 0.25) is 0 Å². The van der Waals surface area contributed by atoms with Gasteiger partial charge in [-0.25, -0.2) is 12.8 Å². The van der Waals surface area contributed by atoms with Gasteiger partial charge in [-0.15, -0.1) is 0 Å². The topological polar surface area (TPSA) is 75.3 Å². The van der Waals surface area contributed by atoms with Crippen molar-refractivity contribution in [2.75, 3.05) is 10.5 Å². The average molecular weight is 418 g/mol. The number of sulfonamides is 1. The highest BCUT2D eigenvalue weighted by molar-refractivity contribution is 7.92. The molecule has 1 amide bonds. The lowest BCUT2D eigenvalue weighted by atomic mass is 10.1. The third-order valence-electron chi connectivity index (χ3n) is 3.68. The Morgan fingerprint density at radius 2 is 1.75 bits per heavy atom. The molecule has 5 nitrogen and oxygen atoms in total. The molecule has 0 aliphatic heterocycles. The molecule has 0 aliphatic carbocycles. The number of alkyl halides is 3. The molecule has 0 saturated heterocycles. The summed E-state index contributed by atoms with van der Waals surface area (Å²) in [7, 11) is -3.62. The minimum atomic E-state index is -4.81. The molecule has 0 saturated carbocycles. The van der Waals surface area contributed by atoms with Crippen molar-refractivity contribution >= 4 is 21.6 Å². The maximum atomic E-state index is 13.4. The highest BCUT2D eigenvalue weighted by Crippen LogP contribution is 2.33. The highest BCUT2D eigenvalue weighted by Gasteiger charge is 2.42. The van der Waals surface area contributed by atoms with Crippen molar-refractivity contribution in [3.05, 3.63) is 65.5 Å². The quantitative estimate of drug-likeness (QED) is 0.667. The maximum absolute atomic E-state index is 13.4. The summed E-state index contributed by atoms with van der Waals surface area (Å²) in [5.41, 5.74) is -0.429. The number of hydrogen-bond acceptors (Lipinski definition) is 3. The summed E-state index contributed by atoms with van der Waals surface area (Å²) >= 11 is 0. The number of carbonyl (C=O) groups is 1. The zero-order valence-electron chi connectivity index (χ0n) is 14.8. The minimum absolute atomic E-state index is 0.0615. The van der Waals surface area contributed by atoms with E-state index in [0.29, 0.717) is 6.42 Å². The molecule has 28 heavy (non-hydrogen) atoms. The fourth-order valence-corrected chi connectivity index (χ4v) is 3.57. The van der Waals surface area contributed by atoms with Crippen LogP contribution in [0, 0.1) is 5.82 Å². The Morgan fingerprint density at radius 3 is 2.32 bits per heavy atom. The first-order valence-corrected chi connectivity index (χ1v) is 9.90. The number of carbonyl (C=O) groups excluding carboxylic acids is 1. The van der Waals surface area contributed by atoms with E-state index in [1.54, 1.807) is 6.92 Å². The minimum Gasteiger partial charge on any atom is -0.337 e. The second-order valence-electron chi connectivity index (χ2n) is 6.00. The summed E-state index contributed by atoms with van der Waals surface area (Å²) < 4.78 is 79.0. The molecular weight excluding hydrogens is 400 g/mol. The van der Waals surface area contributed by atoms with Gasteiger partial charge in [-0.1, -0.05) is 25.1 Å². The van der Waals surface area contributed by atoms with Crippen molar-refractivity contribution in [1.82, 2.24) is 5.32 Å². The number of benzene rings is 2. The van der Waals surface area contributed by atoms with Gasteiger partial charge in [-0.05, 0) is 42.3 Å². The van der Waals surface area contributed by atoms with E-state index in [1.165, 1.54) is 18.2 Å². The van der Waals surface area contributed by atoms with Crippen LogP contribution in [0.3, 0.4) is 0 Å². The lowest BCUT2D eigenvalue weighted by Gasteiger charge is -2.22. The van der Waals surface area contributed by atoms with Crippen molar-refractivity contribution in [3.8, 4) is 0 Å². The number of anilines is 1. The summed E-state index contributed by atoms with van der Waals surface area (Å²) in [6.45, 7) is 1.68. The third-order valence-corrected chi connectivity index (χ3v) is 5.17. The summed E-state index contributed by atoms with van der Waals surface area (Å²) in [6, 6.07) is 6.37. The fourth-order valence-electron chi connectivity index (χ4n) is 2.45. The van der Waals surface area contributed by atoms with Gasteiger partial charge in [-0.2, -0.15) is 13.2 Å². The van der Waals surface area contributed by atoms with Gasteiger partial charge < -0.3 is 5.32 Å². The number of rotatable bonds is 7. The van der Waals surface area contributed by atoms with Crippen LogP contribution in [-0.2, 0) is 10.0 Å². The molecule has 2 aromatic rings. The van der Waals surface area contributed by atoms with E-state index in [2.05, 4.69) is 4.72 Å². The van der Waals surface area contributed by atoms with E-state index in [4.69, 9.17) is 0 Å². The monoisotopic (exact) mass is 418 g/mol. The number of hydrogen-bond donors (Lipinski definition) is 2. The van der Waals surface area contributed by atoms with Gasteiger partial charge in [0.15, 0.2) is 6.04 Å². The maximum Gasteiger partial charge on any atom is 0.412 e. The second kappa shape index (κ2) is 8.59. The molecule has 2 rings (SSSR count). The first-order chi connectivity index (χ1) is 13.0. The number of halogens is 4. The van der Waals surface area contributed by atoms with Crippen LogP contribution in [-0.4, -0.2) is 26.3 Å². The van der Waals surface area contributed by atoms with Crippen molar-refractivity contribution in [2.24, 2.45) is 0 Å². The largest absolute Gasteiger partial charge is 0.412 e. The average Bonchev–Trinajstić information content (AvgIpc) is 2.59. The van der Waals surface area contributed by atoms with E-state index in [0.717, 1.165) is 30.3 Å². The lowest BCUT2D eigenvalue weighted by molar-refractivity contribution is -0.155. The number of amides is 1. The molecule has 152 valence electrons. The molecule has 0 spiro atoms. The van der Waals surface area contributed by atoms with Gasteiger partial charge in [0.25, 0.3) is 5.91 Å². The van der Waals surface area contributed by atoms with Gasteiger partial charge in [-0.3, -0.25) is 9.52 Å². The van der Waals surface area contributed by atoms with Crippen LogP contribution in [0.4, 0.5) is 23.2 Å². The molecule has 0 radical (unpaired) electrons. The van der Waals surface area contributed by atoms with Gasteiger partial charge in [0, 0.05) is 11.3 Å². The second-order valence-corrected chi connectivity index (χ2v) is 7.84. The van der Waals surface area contributed by atoms with Crippen molar-refractivity contribution in [3.63, 3.8) is 0 Å². The van der Waals surface area contributed by atoms with Crippen LogP contribution in [0.5, 0.6) is 0 Å². The lowest BCUT2D eigenvalue weighted by Crippen LogP contribution is -2.38. The van der Waals surface area contributed by atoms with E-state index in [-0.39, 0.29) is 22.6 Å². The van der Waals surface area contributed by atoms with E-state index in [1.807, 2.05) is 5.32 Å². The molecule has 0 aliphatic rings. The Bertz CT molecular complexity index is 929. The van der Waals surface area contributed by atoms with Crippen LogP contribution >= 0.6 is 0 Å². The van der Waals surface area contributed by atoms with Crippen LogP contribution < -0.4 is 10.0 Å². The van der Waals surface area contributed by atoms with Crippen LogP contribution in [0.15, 0.2) is 48.5 Å². The predicted octanol–water partition coefficient (Wildman–Crippen LogP) is 4.01. The zero-order valence-corrected chi connectivity index (χ0v) is 15.6. The van der Waals surface area contributed by atoms with Crippen molar-refractivity contribution < 1.29 is 30.8 Å². The molecule has 10 heteroatoms. The zero-order chi connectivity index (χ0) is 20.9. The molecule has 0 heterocycles. The molecular formula is C18H18F4N2O3S. The Morgan fingerprint density at radius 1 is 1.11 bits per heavy atom. The van der Waals surface area contributed by atoms with Gasteiger partial charge in [0.1, 0.15) is 5.82 Å². The van der Waals surface area contributed by atoms with Gasteiger partial charge >= 0.3 is 6.18 Å². The SMILES string of the molecule is CCCS(=O)(=O)Nc1cccc(C(=O)NC(c2ccc(F)cc2)C(F)(F)F)c1. The predicted molar refractivity (Wildman–Crippen MR) is 96.8 cm³/mol. The van der Waals surface area contributed by atoms with Crippen molar-refractivity contribution in [2.45, 2.75) is 25.6 Å². The Hall–Kier alpha value is -2.62. The van der Waals surface area contributed by atoms with E-state index in [9.17, 15) is 30.8 Å². The van der Waals surface area contributed by atoms with Gasteiger partial charge in [0.2, 0.25) is 10.0 Å². The van der Waals surface area contributed by atoms with E-state index >= 15 is 0 Å². The Kier molecular flexibility index (Phi) is 6.65. The molecule has 0 bridgehead atoms. The Balaban J connectivity index is 2.24. The fraction of sp³-hybridized carbons (Fsp3) is 0.278. The number of nitrogens with one attached hydrogen (secondary N) is 2. The van der Waals surface area contributed by atoms with E-state index < -0.39 is 34.0 Å². The molecule has 2 aromatic carbocycles. The third kappa shape index (κ3) is 5.95. The molecule has 1 unspecified atom stereocenters. The van der Waals surface area contributed by atoms with Gasteiger partial charge in [0.05, 0.1) is 5.75 Å². The summed E-state index contributed by atoms with van der Waals surface area (Å²) in [6.07, 6.45) is -4.44. The van der Waals surface area contributed by atoms with Crippen LogP contribution in [0.1, 0.15) is 35.3 Å². The molecule has 2 N–H and O–H groups in total. The summed E-state index contributed by atoms with van der Waals surface area (Å²) in [5, 5.41) is 1.86. The first kappa shape index (κ1) is 21.7. The van der Waals surface area contributed by atoms with Crippen molar-refractivity contribution in [1.29, 1.82) is 0 Å². The highest BCUT2D eigenvalue weighted by atomic mass is 32.2. The molecule has 0 aromatic heterocycles. The summed E-state index contributed by atoms with van der Waals surface area (Å²) in [5.74, 6) is -1.89. The standard InChI is InChI=1S/C18H18F4N2O3S/c1-2-10-28(26,27)24-15-5-3-4-13(11-15)17(25)23-16(18(20,21)22)12-6-8-14(19)9-7-12/h3-9,11,16,24H,2,10H2,1H3,(H,23,25). The molecule has 0 fully saturated rings. The smallest absolute Gasteiger partial charge is 0.337 e.